The monoisotopic (exact) mass is 245 g/mol. The highest BCUT2D eigenvalue weighted by Gasteiger charge is 2.59. The highest BCUT2D eigenvalue weighted by molar-refractivity contribution is 5.07. The predicted octanol–water partition coefficient (Wildman–Crippen LogP) is -2.98. The second-order valence-corrected chi connectivity index (χ2v) is 4.96. The summed E-state index contributed by atoms with van der Waals surface area (Å²) in [6.45, 7) is 2.74. The molecule has 0 aromatic heterocycles. The zero-order valence-electron chi connectivity index (χ0n) is 9.58. The molecule has 17 heavy (non-hydrogen) atoms. The number of hydrogen-bond donors (Lipinski definition) is 4. The Balaban J connectivity index is 1.83. The topological polar surface area (TPSA) is 100 Å². The molecule has 5 N–H and O–H groups in total. The first-order valence-electron chi connectivity index (χ1n) is 5.98. The summed E-state index contributed by atoms with van der Waals surface area (Å²) in [7, 11) is 0. The van der Waals surface area contributed by atoms with Gasteiger partial charge in [-0.05, 0) is 0 Å². The Morgan fingerprint density at radius 1 is 1.47 bits per heavy atom. The molecule has 3 fully saturated rings. The number of hydrogen-bond acceptors (Lipinski definition) is 7. The van der Waals surface area contributed by atoms with Crippen molar-refractivity contribution in [3.05, 3.63) is 0 Å². The number of nitrogens with zero attached hydrogens (tertiary/aromatic N) is 1. The van der Waals surface area contributed by atoms with E-state index in [1.54, 1.807) is 0 Å². The molecule has 98 valence electrons. The van der Waals surface area contributed by atoms with Crippen molar-refractivity contribution in [1.82, 2.24) is 10.2 Å². The van der Waals surface area contributed by atoms with Gasteiger partial charge in [0.25, 0.3) is 0 Å². The van der Waals surface area contributed by atoms with Crippen molar-refractivity contribution in [3.8, 4) is 0 Å². The van der Waals surface area contributed by atoms with Crippen LogP contribution >= 0.6 is 0 Å². The van der Waals surface area contributed by atoms with Crippen molar-refractivity contribution in [3.63, 3.8) is 0 Å². The van der Waals surface area contributed by atoms with Crippen molar-refractivity contribution in [2.24, 2.45) is 5.73 Å². The Kier molecular flexibility index (Phi) is 2.86. The minimum absolute atomic E-state index is 0.146. The fourth-order valence-electron chi connectivity index (χ4n) is 2.90. The second kappa shape index (κ2) is 4.13. The second-order valence-electron chi connectivity index (χ2n) is 4.96. The molecule has 0 amide bonds. The predicted molar refractivity (Wildman–Crippen MR) is 58.0 cm³/mol. The molecule has 3 aliphatic rings. The third-order valence-corrected chi connectivity index (χ3v) is 3.99. The highest BCUT2D eigenvalue weighted by Crippen LogP contribution is 2.38. The molecule has 7 nitrogen and oxygen atoms in total. The van der Waals surface area contributed by atoms with Crippen LogP contribution < -0.4 is 11.1 Å². The van der Waals surface area contributed by atoms with E-state index in [1.807, 2.05) is 4.90 Å². The molecule has 0 aromatic rings. The van der Waals surface area contributed by atoms with E-state index in [0.29, 0.717) is 6.67 Å². The number of fused-ring (bicyclic) bond motifs is 2. The summed E-state index contributed by atoms with van der Waals surface area (Å²) in [6.07, 6.45) is -2.40. The summed E-state index contributed by atoms with van der Waals surface area (Å²) in [5.74, 6) is 0. The van der Waals surface area contributed by atoms with Crippen LogP contribution in [0.1, 0.15) is 0 Å². The van der Waals surface area contributed by atoms with Crippen LogP contribution in [0.15, 0.2) is 0 Å². The summed E-state index contributed by atoms with van der Waals surface area (Å²) in [5, 5.41) is 23.6. The van der Waals surface area contributed by atoms with Gasteiger partial charge in [-0.2, -0.15) is 0 Å². The van der Waals surface area contributed by atoms with E-state index in [-0.39, 0.29) is 19.2 Å². The fraction of sp³-hybridized carbons (Fsp3) is 1.00. The van der Waals surface area contributed by atoms with Crippen LogP contribution in [0.3, 0.4) is 0 Å². The maximum atomic E-state index is 10.2. The third kappa shape index (κ3) is 1.62. The van der Waals surface area contributed by atoms with Crippen LogP contribution in [-0.2, 0) is 9.47 Å². The van der Waals surface area contributed by atoms with Crippen LogP contribution in [0.5, 0.6) is 0 Å². The lowest BCUT2D eigenvalue weighted by molar-refractivity contribution is -0.239. The van der Waals surface area contributed by atoms with Crippen LogP contribution in [-0.4, -0.2) is 78.2 Å². The molecule has 7 heteroatoms. The summed E-state index contributed by atoms with van der Waals surface area (Å²) in [6, 6.07) is -0.331. The van der Waals surface area contributed by atoms with Gasteiger partial charge >= 0.3 is 0 Å². The lowest BCUT2D eigenvalue weighted by Gasteiger charge is -2.45. The maximum Gasteiger partial charge on any atom is 0.176 e. The van der Waals surface area contributed by atoms with Gasteiger partial charge in [-0.25, -0.2) is 0 Å². The van der Waals surface area contributed by atoms with Crippen molar-refractivity contribution in [2.75, 3.05) is 32.9 Å². The van der Waals surface area contributed by atoms with Gasteiger partial charge in [-0.15, -0.1) is 0 Å². The number of rotatable bonds is 2. The van der Waals surface area contributed by atoms with Crippen LogP contribution in [0.4, 0.5) is 0 Å². The first-order chi connectivity index (χ1) is 8.18. The van der Waals surface area contributed by atoms with E-state index in [4.69, 9.17) is 15.2 Å². The Hall–Kier alpha value is -0.280. The SMILES string of the molecule is NC[C@@]12COC(O1)[C@@H](N1CCNC1)[C@@H](O)[C@H]2O. The zero-order valence-corrected chi connectivity index (χ0v) is 9.58. The number of aliphatic hydroxyl groups is 2. The first-order valence-corrected chi connectivity index (χ1v) is 5.98. The van der Waals surface area contributed by atoms with Crippen molar-refractivity contribution < 1.29 is 19.7 Å². The average molecular weight is 245 g/mol. The number of aliphatic hydroxyl groups excluding tert-OH is 2. The number of nitrogens with one attached hydrogen (secondary N) is 1. The first kappa shape index (κ1) is 11.8. The van der Waals surface area contributed by atoms with Crippen LogP contribution in [0.2, 0.25) is 0 Å². The van der Waals surface area contributed by atoms with E-state index in [0.717, 1.165) is 13.1 Å². The Morgan fingerprint density at radius 3 is 2.94 bits per heavy atom. The quantitative estimate of drug-likeness (QED) is 0.412. The van der Waals surface area contributed by atoms with Gasteiger partial charge in [0.1, 0.15) is 17.8 Å². The highest BCUT2D eigenvalue weighted by atomic mass is 16.7. The van der Waals surface area contributed by atoms with E-state index < -0.39 is 24.1 Å². The number of ether oxygens (including phenoxy) is 2. The van der Waals surface area contributed by atoms with Gasteiger partial charge in [-0.1, -0.05) is 0 Å². The van der Waals surface area contributed by atoms with Gasteiger partial charge in [-0.3, -0.25) is 4.90 Å². The Labute approximate surface area is 99.5 Å². The molecule has 3 heterocycles. The Bertz CT molecular complexity index is 299. The van der Waals surface area contributed by atoms with Gasteiger partial charge in [0.15, 0.2) is 6.29 Å². The van der Waals surface area contributed by atoms with Crippen molar-refractivity contribution in [1.29, 1.82) is 0 Å². The molecular weight excluding hydrogens is 226 g/mol. The van der Waals surface area contributed by atoms with Gasteiger partial charge in [0.05, 0.1) is 12.6 Å². The Morgan fingerprint density at radius 2 is 2.29 bits per heavy atom. The molecule has 5 atom stereocenters. The summed E-state index contributed by atoms with van der Waals surface area (Å²) < 4.78 is 11.3. The van der Waals surface area contributed by atoms with Crippen LogP contribution in [0.25, 0.3) is 0 Å². The van der Waals surface area contributed by atoms with Crippen LogP contribution in [0, 0.1) is 0 Å². The molecule has 1 unspecified atom stereocenters. The van der Waals surface area contributed by atoms with Gasteiger partial charge in [0.2, 0.25) is 0 Å². The molecular formula is C10H19N3O4. The standard InChI is InChI=1S/C10H19N3O4/c11-3-10-4-16-9(17-10)6(7(14)8(10)15)13-2-1-12-5-13/h6-9,12,14-15H,1-5,11H2/t6-,7+,8+,9?,10-/m0/s1. The molecule has 2 bridgehead atoms. The van der Waals surface area contributed by atoms with Crippen molar-refractivity contribution >= 4 is 0 Å². The molecule has 0 radical (unpaired) electrons. The molecule has 3 saturated heterocycles. The lowest BCUT2D eigenvalue weighted by Crippen LogP contribution is -2.67. The van der Waals surface area contributed by atoms with E-state index in [9.17, 15) is 10.2 Å². The van der Waals surface area contributed by atoms with E-state index >= 15 is 0 Å². The maximum absolute atomic E-state index is 10.2. The minimum atomic E-state index is -1.00. The van der Waals surface area contributed by atoms with E-state index in [2.05, 4.69) is 5.32 Å². The third-order valence-electron chi connectivity index (χ3n) is 3.99. The van der Waals surface area contributed by atoms with E-state index in [1.165, 1.54) is 0 Å². The molecule has 0 spiro atoms. The molecule has 0 aromatic carbocycles. The summed E-state index contributed by atoms with van der Waals surface area (Å²) in [5.41, 5.74) is 4.69. The number of nitrogens with two attached hydrogens (primary N) is 1. The largest absolute Gasteiger partial charge is 0.388 e. The smallest absolute Gasteiger partial charge is 0.176 e. The minimum Gasteiger partial charge on any atom is -0.388 e. The normalized spacial score (nSPS) is 51.0. The fourth-order valence-corrected chi connectivity index (χ4v) is 2.90. The van der Waals surface area contributed by atoms with Gasteiger partial charge in [0, 0.05) is 26.3 Å². The molecule has 0 aliphatic carbocycles. The molecule has 0 saturated carbocycles. The summed E-state index contributed by atoms with van der Waals surface area (Å²) >= 11 is 0. The average Bonchev–Trinajstić information content (AvgIpc) is 2.96. The van der Waals surface area contributed by atoms with Crippen molar-refractivity contribution in [2.45, 2.75) is 30.1 Å². The summed E-state index contributed by atoms with van der Waals surface area (Å²) in [4.78, 5) is 2.03. The lowest BCUT2D eigenvalue weighted by atomic mass is 9.87. The van der Waals surface area contributed by atoms with Gasteiger partial charge < -0.3 is 30.7 Å². The molecule has 3 rings (SSSR count). The molecule has 3 aliphatic heterocycles. The zero-order chi connectivity index (χ0) is 12.0.